The maximum Gasteiger partial charge on any atom is 0.0541 e. The lowest BCUT2D eigenvalue weighted by atomic mass is 9.86. The van der Waals surface area contributed by atoms with Gasteiger partial charge in [0, 0.05) is 32.9 Å². The van der Waals surface area contributed by atoms with Crippen LogP contribution in [-0.2, 0) is 5.41 Å². The first-order valence-corrected chi connectivity index (χ1v) is 18.8. The van der Waals surface area contributed by atoms with Crippen molar-refractivity contribution in [2.24, 2.45) is 0 Å². The molecule has 2 heteroatoms. The third-order valence-corrected chi connectivity index (χ3v) is 11.1. The molecule has 0 bridgehead atoms. The summed E-state index contributed by atoms with van der Waals surface area (Å²) >= 11 is 0. The fraction of sp³-hybridized carbons (Fsp3) is 0.0769. The van der Waals surface area contributed by atoms with Gasteiger partial charge in [0.15, 0.2) is 0 Å². The molecular weight excluding hydrogens is 653 g/mol. The van der Waals surface area contributed by atoms with Crippen molar-refractivity contribution in [1.29, 1.82) is 0 Å². The first kappa shape index (κ1) is 32.0. The van der Waals surface area contributed by atoms with Gasteiger partial charge in [-0.25, -0.2) is 0 Å². The topological polar surface area (TPSA) is 9.86 Å². The SMILES string of the molecule is CC(C)(C)c1ccc(-c2ccc(-n3c4ccccc4c4cc(-c5ccc6c(c5)c5ccccc5n6-c5ccc(-c6ccccc6)cc5)ccc43)cc2)cc1. The molecule has 0 spiro atoms. The maximum absolute atomic E-state index is 2.40. The molecule has 0 saturated carbocycles. The second-order valence-corrected chi connectivity index (χ2v) is 15.5. The lowest BCUT2D eigenvalue weighted by Gasteiger charge is -2.19. The highest BCUT2D eigenvalue weighted by molar-refractivity contribution is 6.12. The van der Waals surface area contributed by atoms with Gasteiger partial charge in [0.05, 0.1) is 22.1 Å². The van der Waals surface area contributed by atoms with E-state index in [0.717, 1.165) is 11.4 Å². The van der Waals surface area contributed by atoms with Crippen LogP contribution in [0.1, 0.15) is 26.3 Å². The number of benzene rings is 8. The summed E-state index contributed by atoms with van der Waals surface area (Å²) in [5, 5.41) is 5.03. The molecule has 54 heavy (non-hydrogen) atoms. The fourth-order valence-electron chi connectivity index (χ4n) is 8.26. The number of hydrogen-bond acceptors (Lipinski definition) is 0. The van der Waals surface area contributed by atoms with Crippen molar-refractivity contribution in [2.45, 2.75) is 26.2 Å². The number of rotatable bonds is 5. The summed E-state index contributed by atoms with van der Waals surface area (Å²) in [5.74, 6) is 0. The predicted octanol–water partition coefficient (Wildman–Crippen LogP) is 14.2. The molecule has 2 aromatic heterocycles. The van der Waals surface area contributed by atoms with Gasteiger partial charge in [-0.3, -0.25) is 0 Å². The maximum atomic E-state index is 2.40. The molecule has 2 nitrogen and oxygen atoms in total. The molecule has 0 unspecified atom stereocenters. The predicted molar refractivity (Wildman–Crippen MR) is 230 cm³/mol. The van der Waals surface area contributed by atoms with Crippen molar-refractivity contribution in [2.75, 3.05) is 0 Å². The second-order valence-electron chi connectivity index (χ2n) is 15.5. The van der Waals surface area contributed by atoms with Crippen molar-refractivity contribution >= 4 is 43.6 Å². The van der Waals surface area contributed by atoms with Crippen LogP contribution in [0.2, 0.25) is 0 Å². The van der Waals surface area contributed by atoms with E-state index in [-0.39, 0.29) is 5.41 Å². The van der Waals surface area contributed by atoms with Gasteiger partial charge in [-0.05, 0) is 105 Å². The normalized spacial score (nSPS) is 12.0. The standard InChI is InChI=1S/C52H40N2/c1-52(2,3)41-25-17-36(18-26-41)38-21-29-43(30-22-38)54-49-16-10-8-14-45(49)47-34-40(24-32-51(47)54)39-23-31-50-46(33-39)44-13-7-9-15-48(44)53(50)42-27-19-37(20-28-42)35-11-5-4-6-12-35/h4-34H,1-3H3. The Kier molecular flexibility index (Phi) is 7.42. The van der Waals surface area contributed by atoms with E-state index in [2.05, 4.69) is 218 Å². The van der Waals surface area contributed by atoms with Gasteiger partial charge in [-0.15, -0.1) is 0 Å². The third kappa shape index (κ3) is 5.33. The van der Waals surface area contributed by atoms with E-state index in [1.165, 1.54) is 82.6 Å². The van der Waals surface area contributed by atoms with Crippen LogP contribution in [-0.4, -0.2) is 9.13 Å². The summed E-state index contributed by atoms with van der Waals surface area (Å²) in [6.45, 7) is 6.78. The summed E-state index contributed by atoms with van der Waals surface area (Å²) in [6, 6.07) is 69.0. The van der Waals surface area contributed by atoms with Crippen molar-refractivity contribution in [1.82, 2.24) is 9.13 Å². The Morgan fingerprint density at radius 2 is 0.648 bits per heavy atom. The minimum Gasteiger partial charge on any atom is -0.309 e. The van der Waals surface area contributed by atoms with Gasteiger partial charge in [0.1, 0.15) is 0 Å². The van der Waals surface area contributed by atoms with Crippen LogP contribution in [0.4, 0.5) is 0 Å². The van der Waals surface area contributed by atoms with Crippen LogP contribution in [0.15, 0.2) is 188 Å². The molecule has 2 heterocycles. The van der Waals surface area contributed by atoms with Crippen molar-refractivity contribution in [3.8, 4) is 44.8 Å². The largest absolute Gasteiger partial charge is 0.309 e. The minimum atomic E-state index is 0.141. The molecule has 10 rings (SSSR count). The van der Waals surface area contributed by atoms with Gasteiger partial charge in [-0.2, -0.15) is 0 Å². The summed E-state index contributed by atoms with van der Waals surface area (Å²) < 4.78 is 4.80. The average Bonchev–Trinajstić information content (AvgIpc) is 3.73. The molecule has 0 aliphatic carbocycles. The first-order valence-electron chi connectivity index (χ1n) is 18.8. The molecule has 0 atom stereocenters. The van der Waals surface area contributed by atoms with Gasteiger partial charge in [-0.1, -0.05) is 148 Å². The average molecular weight is 693 g/mol. The summed E-state index contributed by atoms with van der Waals surface area (Å²) in [5.41, 5.74) is 16.0. The summed E-state index contributed by atoms with van der Waals surface area (Å²) in [4.78, 5) is 0. The third-order valence-electron chi connectivity index (χ3n) is 11.1. The van der Waals surface area contributed by atoms with Gasteiger partial charge in [0.25, 0.3) is 0 Å². The highest BCUT2D eigenvalue weighted by atomic mass is 15.0. The van der Waals surface area contributed by atoms with Gasteiger partial charge in [0.2, 0.25) is 0 Å². The molecule has 0 radical (unpaired) electrons. The van der Waals surface area contributed by atoms with E-state index in [9.17, 15) is 0 Å². The summed E-state index contributed by atoms with van der Waals surface area (Å²) in [6.07, 6.45) is 0. The molecule has 0 aliphatic heterocycles. The first-order chi connectivity index (χ1) is 26.4. The molecule has 0 saturated heterocycles. The van der Waals surface area contributed by atoms with Crippen LogP contribution in [0.25, 0.3) is 88.4 Å². The molecule has 258 valence electrons. The molecule has 10 aromatic rings. The Morgan fingerprint density at radius 3 is 1.09 bits per heavy atom. The highest BCUT2D eigenvalue weighted by Crippen LogP contribution is 2.39. The zero-order valence-electron chi connectivity index (χ0n) is 30.8. The molecule has 0 N–H and O–H groups in total. The molecule has 8 aromatic carbocycles. The van der Waals surface area contributed by atoms with Crippen molar-refractivity contribution in [3.05, 3.63) is 194 Å². The van der Waals surface area contributed by atoms with Crippen molar-refractivity contribution in [3.63, 3.8) is 0 Å². The van der Waals surface area contributed by atoms with E-state index in [1.54, 1.807) is 0 Å². The lowest BCUT2D eigenvalue weighted by Crippen LogP contribution is -2.10. The summed E-state index contributed by atoms with van der Waals surface area (Å²) in [7, 11) is 0. The van der Waals surface area contributed by atoms with Crippen LogP contribution in [0.5, 0.6) is 0 Å². The van der Waals surface area contributed by atoms with E-state index in [1.807, 2.05) is 0 Å². The smallest absolute Gasteiger partial charge is 0.0541 e. The number of hydrogen-bond donors (Lipinski definition) is 0. The highest BCUT2D eigenvalue weighted by Gasteiger charge is 2.17. The Hall–Kier alpha value is -6.64. The number of fused-ring (bicyclic) bond motifs is 6. The Labute approximate surface area is 316 Å². The van der Waals surface area contributed by atoms with Crippen molar-refractivity contribution < 1.29 is 0 Å². The quantitative estimate of drug-likeness (QED) is 0.170. The van der Waals surface area contributed by atoms with E-state index < -0.39 is 0 Å². The van der Waals surface area contributed by atoms with Gasteiger partial charge < -0.3 is 9.13 Å². The van der Waals surface area contributed by atoms with Crippen LogP contribution >= 0.6 is 0 Å². The Morgan fingerprint density at radius 1 is 0.296 bits per heavy atom. The fourth-order valence-corrected chi connectivity index (χ4v) is 8.26. The van der Waals surface area contributed by atoms with E-state index >= 15 is 0 Å². The van der Waals surface area contributed by atoms with E-state index in [0.29, 0.717) is 0 Å². The van der Waals surface area contributed by atoms with Crippen LogP contribution in [0, 0.1) is 0 Å². The second kappa shape index (κ2) is 12.5. The molecule has 0 amide bonds. The Balaban J connectivity index is 1.04. The zero-order chi connectivity index (χ0) is 36.4. The molecule has 0 aliphatic rings. The molecule has 0 fully saturated rings. The number of para-hydroxylation sites is 2. The van der Waals surface area contributed by atoms with Crippen LogP contribution < -0.4 is 0 Å². The Bertz CT molecular complexity index is 2970. The minimum absolute atomic E-state index is 0.141. The monoisotopic (exact) mass is 692 g/mol. The zero-order valence-corrected chi connectivity index (χ0v) is 30.8. The van der Waals surface area contributed by atoms with Gasteiger partial charge >= 0.3 is 0 Å². The molecular formula is C52H40N2. The number of nitrogens with zero attached hydrogens (tertiary/aromatic N) is 2. The number of aromatic nitrogens is 2. The van der Waals surface area contributed by atoms with E-state index in [4.69, 9.17) is 0 Å². The van der Waals surface area contributed by atoms with Crippen LogP contribution in [0.3, 0.4) is 0 Å². The lowest BCUT2D eigenvalue weighted by molar-refractivity contribution is 0.590.